The van der Waals surface area contributed by atoms with Gasteiger partial charge in [0.25, 0.3) is 5.91 Å². The fourth-order valence-corrected chi connectivity index (χ4v) is 3.09. The first-order valence-corrected chi connectivity index (χ1v) is 8.81. The molecule has 4 rings (SSSR count). The number of imidazole rings is 1. The quantitative estimate of drug-likeness (QED) is 0.478. The Bertz CT molecular complexity index is 1020. The lowest BCUT2D eigenvalue weighted by atomic mass is 10.1. The zero-order chi connectivity index (χ0) is 17.9. The summed E-state index contributed by atoms with van der Waals surface area (Å²) in [5, 5.41) is 5.13. The van der Waals surface area contributed by atoms with Crippen LogP contribution in [-0.2, 0) is 0 Å². The number of aromatic nitrogens is 3. The fraction of sp³-hybridized carbons (Fsp3) is 0. The van der Waals surface area contributed by atoms with Crippen LogP contribution in [0.15, 0.2) is 66.2 Å². The van der Waals surface area contributed by atoms with E-state index in [0.717, 1.165) is 11.1 Å². The van der Waals surface area contributed by atoms with Gasteiger partial charge in [0.15, 0.2) is 10.8 Å². The maximum Gasteiger partial charge on any atom is 0.278 e. The largest absolute Gasteiger partial charge is 0.399 e. The topological polar surface area (TPSA) is 96.7 Å². The molecule has 1 amide bonds. The monoisotopic (exact) mass is 361 g/mol. The second-order valence-corrected chi connectivity index (χ2v) is 6.48. The van der Waals surface area contributed by atoms with Crippen molar-refractivity contribution in [2.75, 3.05) is 11.1 Å². The van der Waals surface area contributed by atoms with E-state index in [2.05, 4.69) is 20.3 Å². The zero-order valence-corrected chi connectivity index (χ0v) is 14.5. The summed E-state index contributed by atoms with van der Waals surface area (Å²) in [5.41, 5.74) is 9.13. The van der Waals surface area contributed by atoms with E-state index in [0.29, 0.717) is 28.0 Å². The number of nitrogen functional groups attached to an aromatic ring is 1. The molecular weight excluding hydrogens is 346 g/mol. The van der Waals surface area contributed by atoms with Crippen LogP contribution < -0.4 is 11.1 Å². The number of carbonyl (C=O) groups is 1. The van der Waals surface area contributed by atoms with Crippen molar-refractivity contribution >= 4 is 28.1 Å². The molecule has 0 radical (unpaired) electrons. The third-order valence-corrected chi connectivity index (χ3v) is 4.51. The molecule has 7 heteroatoms. The van der Waals surface area contributed by atoms with Crippen LogP contribution in [0.1, 0.15) is 10.5 Å². The molecule has 26 heavy (non-hydrogen) atoms. The summed E-state index contributed by atoms with van der Waals surface area (Å²) < 4.78 is 0. The van der Waals surface area contributed by atoms with Crippen molar-refractivity contribution in [2.24, 2.45) is 0 Å². The number of hydrogen-bond donors (Lipinski definition) is 3. The highest BCUT2D eigenvalue weighted by Crippen LogP contribution is 2.27. The first-order chi connectivity index (χ1) is 12.7. The molecule has 0 saturated carbocycles. The average molecular weight is 361 g/mol. The van der Waals surface area contributed by atoms with Gasteiger partial charge < -0.3 is 10.7 Å². The van der Waals surface area contributed by atoms with Crippen LogP contribution in [0.3, 0.4) is 0 Å². The molecule has 0 aliphatic heterocycles. The molecule has 0 unspecified atom stereocenters. The molecule has 0 atom stereocenters. The number of nitrogens with two attached hydrogens (primary N) is 1. The molecule has 6 nitrogen and oxygen atoms in total. The molecule has 0 saturated heterocycles. The van der Waals surface area contributed by atoms with Gasteiger partial charge in [-0.2, -0.15) is 0 Å². The Hall–Kier alpha value is -3.45. The summed E-state index contributed by atoms with van der Waals surface area (Å²) in [7, 11) is 0. The lowest BCUT2D eigenvalue weighted by Crippen LogP contribution is -2.13. The summed E-state index contributed by atoms with van der Waals surface area (Å²) in [4.78, 5) is 24.7. The molecule has 0 fully saturated rings. The minimum absolute atomic E-state index is 0.309. The Labute approximate surface area is 153 Å². The predicted molar refractivity (Wildman–Crippen MR) is 104 cm³/mol. The van der Waals surface area contributed by atoms with Crippen molar-refractivity contribution in [3.63, 3.8) is 0 Å². The number of thiazole rings is 1. The van der Waals surface area contributed by atoms with Gasteiger partial charge >= 0.3 is 0 Å². The Balaban J connectivity index is 1.77. The fourth-order valence-electron chi connectivity index (χ4n) is 2.57. The highest BCUT2D eigenvalue weighted by Gasteiger charge is 2.20. The first kappa shape index (κ1) is 16.0. The number of H-pyrrole nitrogens is 1. The number of nitrogens with one attached hydrogen (secondary N) is 2. The van der Waals surface area contributed by atoms with E-state index in [-0.39, 0.29) is 5.91 Å². The van der Waals surface area contributed by atoms with E-state index in [1.807, 2.05) is 42.5 Å². The minimum Gasteiger partial charge on any atom is -0.399 e. The second kappa shape index (κ2) is 6.81. The van der Waals surface area contributed by atoms with Gasteiger partial charge in [-0.25, -0.2) is 9.97 Å². The van der Waals surface area contributed by atoms with E-state index < -0.39 is 0 Å². The zero-order valence-electron chi connectivity index (χ0n) is 13.6. The van der Waals surface area contributed by atoms with Crippen LogP contribution >= 0.6 is 11.3 Å². The van der Waals surface area contributed by atoms with Crippen LogP contribution in [0.5, 0.6) is 0 Å². The molecule has 128 valence electrons. The lowest BCUT2D eigenvalue weighted by molar-refractivity contribution is 0.102. The standard InChI is InChI=1S/C19H15N5OS/c20-14-8-6-13(7-9-14)17-22-15(12-4-2-1-3-5-12)16(23-17)18(25)24-19-21-10-11-26-19/h1-11H,20H2,(H,22,23)(H,21,24,25). The van der Waals surface area contributed by atoms with Crippen LogP contribution in [0.4, 0.5) is 10.8 Å². The van der Waals surface area contributed by atoms with Gasteiger partial charge in [0.05, 0.1) is 5.69 Å². The van der Waals surface area contributed by atoms with Crippen molar-refractivity contribution in [2.45, 2.75) is 0 Å². The van der Waals surface area contributed by atoms with Crippen molar-refractivity contribution < 1.29 is 4.79 Å². The lowest BCUT2D eigenvalue weighted by Gasteiger charge is -2.02. The van der Waals surface area contributed by atoms with Crippen molar-refractivity contribution in [3.05, 3.63) is 71.9 Å². The van der Waals surface area contributed by atoms with E-state index >= 15 is 0 Å². The Morgan fingerprint density at radius 3 is 2.50 bits per heavy atom. The van der Waals surface area contributed by atoms with Gasteiger partial charge in [-0.15, -0.1) is 11.3 Å². The Kier molecular flexibility index (Phi) is 4.20. The number of carbonyl (C=O) groups excluding carboxylic acids is 1. The Morgan fingerprint density at radius 1 is 1.04 bits per heavy atom. The third kappa shape index (κ3) is 3.20. The molecule has 0 aliphatic carbocycles. The smallest absolute Gasteiger partial charge is 0.278 e. The highest BCUT2D eigenvalue weighted by molar-refractivity contribution is 7.13. The average Bonchev–Trinajstić information content (AvgIpc) is 3.33. The molecule has 4 N–H and O–H groups in total. The predicted octanol–water partition coefficient (Wildman–Crippen LogP) is 4.03. The van der Waals surface area contributed by atoms with Gasteiger partial charge in [-0.05, 0) is 24.3 Å². The SMILES string of the molecule is Nc1ccc(-c2nc(C(=O)Nc3nccs3)c(-c3ccccc3)[nH]2)cc1. The summed E-state index contributed by atoms with van der Waals surface area (Å²) in [6.45, 7) is 0. The summed E-state index contributed by atoms with van der Waals surface area (Å²) >= 11 is 1.36. The number of rotatable bonds is 4. The van der Waals surface area contributed by atoms with Crippen molar-refractivity contribution in [3.8, 4) is 22.6 Å². The molecule has 2 heterocycles. The second-order valence-electron chi connectivity index (χ2n) is 5.59. The molecule has 0 bridgehead atoms. The Morgan fingerprint density at radius 2 is 1.81 bits per heavy atom. The first-order valence-electron chi connectivity index (χ1n) is 7.93. The summed E-state index contributed by atoms with van der Waals surface area (Å²) in [6, 6.07) is 17.0. The van der Waals surface area contributed by atoms with Crippen LogP contribution in [0.25, 0.3) is 22.6 Å². The number of nitrogens with zero attached hydrogens (tertiary/aromatic N) is 2. The van der Waals surface area contributed by atoms with Crippen LogP contribution in [0.2, 0.25) is 0 Å². The van der Waals surface area contributed by atoms with E-state index in [9.17, 15) is 4.79 Å². The van der Waals surface area contributed by atoms with Crippen LogP contribution in [-0.4, -0.2) is 20.9 Å². The number of benzene rings is 2. The minimum atomic E-state index is -0.309. The van der Waals surface area contributed by atoms with Gasteiger partial charge in [0, 0.05) is 28.4 Å². The van der Waals surface area contributed by atoms with Gasteiger partial charge in [0.1, 0.15) is 5.82 Å². The maximum atomic E-state index is 12.8. The van der Waals surface area contributed by atoms with Crippen LogP contribution in [0, 0.1) is 0 Å². The highest BCUT2D eigenvalue weighted by atomic mass is 32.1. The third-order valence-electron chi connectivity index (χ3n) is 3.82. The van der Waals surface area contributed by atoms with E-state index in [1.54, 1.807) is 23.7 Å². The van der Waals surface area contributed by atoms with Gasteiger partial charge in [-0.1, -0.05) is 30.3 Å². The number of aromatic amines is 1. The van der Waals surface area contributed by atoms with Crippen molar-refractivity contribution in [1.82, 2.24) is 15.0 Å². The molecule has 0 spiro atoms. The number of amides is 1. The summed E-state index contributed by atoms with van der Waals surface area (Å²) in [5.74, 6) is 0.296. The van der Waals surface area contributed by atoms with Gasteiger partial charge in [0.2, 0.25) is 0 Å². The summed E-state index contributed by atoms with van der Waals surface area (Å²) in [6.07, 6.45) is 1.64. The number of anilines is 2. The molecular formula is C19H15N5OS. The van der Waals surface area contributed by atoms with Gasteiger partial charge in [-0.3, -0.25) is 10.1 Å². The maximum absolute atomic E-state index is 12.8. The molecule has 4 aromatic rings. The normalized spacial score (nSPS) is 10.6. The molecule has 0 aliphatic rings. The van der Waals surface area contributed by atoms with E-state index in [1.165, 1.54) is 11.3 Å². The molecule has 2 aromatic carbocycles. The van der Waals surface area contributed by atoms with E-state index in [4.69, 9.17) is 5.73 Å². The number of hydrogen-bond acceptors (Lipinski definition) is 5. The van der Waals surface area contributed by atoms with Crippen molar-refractivity contribution in [1.29, 1.82) is 0 Å². The molecule has 2 aromatic heterocycles.